The maximum absolute atomic E-state index is 9.84. The molecular weight excluding hydrogens is 320 g/mol. The topological polar surface area (TPSA) is 45.0 Å². The molecule has 3 rings (SSSR count). The van der Waals surface area contributed by atoms with E-state index < -0.39 is 5.41 Å². The minimum atomic E-state index is -0.410. The minimum Gasteiger partial charge on any atom is -0.497 e. The molecule has 0 aliphatic heterocycles. The Kier molecular flexibility index (Phi) is 4.97. The van der Waals surface area contributed by atoms with Crippen LogP contribution in [0.2, 0.25) is 5.02 Å². The van der Waals surface area contributed by atoms with E-state index in [9.17, 15) is 5.26 Å². The van der Waals surface area contributed by atoms with Crippen molar-refractivity contribution in [3.63, 3.8) is 0 Å². The monoisotopic (exact) mass is 340 g/mol. The van der Waals surface area contributed by atoms with Crippen molar-refractivity contribution in [1.82, 2.24) is 0 Å². The van der Waals surface area contributed by atoms with E-state index in [4.69, 9.17) is 16.3 Å². The number of methoxy groups -OCH3 is 1. The second kappa shape index (κ2) is 7.15. The Morgan fingerprint density at radius 2 is 1.88 bits per heavy atom. The van der Waals surface area contributed by atoms with Crippen LogP contribution >= 0.6 is 11.6 Å². The number of anilines is 1. The molecule has 1 aliphatic rings. The molecule has 0 aromatic heterocycles. The minimum absolute atomic E-state index is 0.387. The van der Waals surface area contributed by atoms with Gasteiger partial charge in [0.1, 0.15) is 5.75 Å². The maximum Gasteiger partial charge on any atom is 0.119 e. The third-order valence-electron chi connectivity index (χ3n) is 4.89. The van der Waals surface area contributed by atoms with Gasteiger partial charge in [-0.05, 0) is 67.6 Å². The first-order chi connectivity index (χ1) is 11.6. The third-order valence-corrected chi connectivity index (χ3v) is 5.14. The molecule has 1 fully saturated rings. The number of rotatable bonds is 4. The van der Waals surface area contributed by atoms with Gasteiger partial charge in [0, 0.05) is 16.8 Å². The number of hydrogen-bond acceptors (Lipinski definition) is 3. The first-order valence-electron chi connectivity index (χ1n) is 8.23. The van der Waals surface area contributed by atoms with Crippen LogP contribution in [0.5, 0.6) is 5.75 Å². The lowest BCUT2D eigenvalue weighted by atomic mass is 9.69. The first kappa shape index (κ1) is 16.7. The molecule has 0 atom stereocenters. The molecule has 0 amide bonds. The number of nitrogens with one attached hydrogen (secondary N) is 1. The van der Waals surface area contributed by atoms with Crippen molar-refractivity contribution in [3.05, 3.63) is 59.1 Å². The van der Waals surface area contributed by atoms with Crippen LogP contribution in [0.15, 0.2) is 48.5 Å². The number of ether oxygens (including phenoxy) is 1. The largest absolute Gasteiger partial charge is 0.497 e. The average molecular weight is 341 g/mol. The van der Waals surface area contributed by atoms with Crippen LogP contribution in [-0.4, -0.2) is 13.2 Å². The van der Waals surface area contributed by atoms with Crippen molar-refractivity contribution in [3.8, 4) is 11.8 Å². The molecule has 2 aromatic carbocycles. The summed E-state index contributed by atoms with van der Waals surface area (Å²) in [7, 11) is 1.66. The Labute approximate surface area is 148 Å². The molecule has 24 heavy (non-hydrogen) atoms. The normalized spacial score (nSPS) is 23.3. The first-order valence-corrected chi connectivity index (χ1v) is 8.61. The Bertz CT molecular complexity index is 728. The molecule has 0 radical (unpaired) electrons. The van der Waals surface area contributed by atoms with Crippen LogP contribution in [0.3, 0.4) is 0 Å². The van der Waals surface area contributed by atoms with Crippen LogP contribution in [0.25, 0.3) is 0 Å². The smallest absolute Gasteiger partial charge is 0.119 e. The quantitative estimate of drug-likeness (QED) is 0.835. The van der Waals surface area contributed by atoms with Crippen LogP contribution in [0, 0.1) is 11.3 Å². The Morgan fingerprint density at radius 3 is 2.50 bits per heavy atom. The van der Waals surface area contributed by atoms with E-state index in [2.05, 4.69) is 11.4 Å². The Hall–Kier alpha value is -2.18. The number of benzene rings is 2. The number of nitriles is 1. The molecule has 0 saturated heterocycles. The van der Waals surface area contributed by atoms with E-state index in [1.54, 1.807) is 7.11 Å². The van der Waals surface area contributed by atoms with E-state index in [0.29, 0.717) is 6.04 Å². The van der Waals surface area contributed by atoms with Gasteiger partial charge in [-0.1, -0.05) is 23.7 Å². The van der Waals surface area contributed by atoms with Gasteiger partial charge in [0.25, 0.3) is 0 Å². The maximum atomic E-state index is 9.84. The summed E-state index contributed by atoms with van der Waals surface area (Å²) in [6.45, 7) is 0. The SMILES string of the molecule is COc1cccc([C@]2(C#N)CC[C@@H](Nc3ccc(Cl)cc3)CC2)c1. The van der Waals surface area contributed by atoms with E-state index in [1.165, 1.54) is 0 Å². The molecule has 124 valence electrons. The lowest BCUT2D eigenvalue weighted by Gasteiger charge is -2.36. The molecule has 0 bridgehead atoms. The zero-order valence-corrected chi connectivity index (χ0v) is 14.5. The molecule has 1 saturated carbocycles. The van der Waals surface area contributed by atoms with Crippen LogP contribution in [0.4, 0.5) is 5.69 Å². The van der Waals surface area contributed by atoms with Gasteiger partial charge in [0.05, 0.1) is 18.6 Å². The van der Waals surface area contributed by atoms with Gasteiger partial charge in [-0.25, -0.2) is 0 Å². The molecule has 0 unspecified atom stereocenters. The van der Waals surface area contributed by atoms with Crippen molar-refractivity contribution in [2.75, 3.05) is 12.4 Å². The predicted octanol–water partition coefficient (Wildman–Crippen LogP) is 5.16. The summed E-state index contributed by atoms with van der Waals surface area (Å²) in [6.07, 6.45) is 3.63. The zero-order chi connectivity index (χ0) is 17.0. The lowest BCUT2D eigenvalue weighted by molar-refractivity contribution is 0.342. The molecule has 1 N–H and O–H groups in total. The van der Waals surface area contributed by atoms with Gasteiger partial charge in [0.15, 0.2) is 0 Å². The summed E-state index contributed by atoms with van der Waals surface area (Å²) < 4.78 is 5.31. The van der Waals surface area contributed by atoms with Gasteiger partial charge >= 0.3 is 0 Å². The molecule has 3 nitrogen and oxygen atoms in total. The van der Waals surface area contributed by atoms with Crippen molar-refractivity contribution in [1.29, 1.82) is 5.26 Å². The average Bonchev–Trinajstić information content (AvgIpc) is 2.64. The molecule has 0 spiro atoms. The van der Waals surface area contributed by atoms with Crippen molar-refractivity contribution in [2.45, 2.75) is 37.1 Å². The molecular formula is C20H21ClN2O. The van der Waals surface area contributed by atoms with E-state index in [0.717, 1.165) is 47.7 Å². The fraction of sp³-hybridized carbons (Fsp3) is 0.350. The summed E-state index contributed by atoms with van der Waals surface area (Å²) in [6, 6.07) is 18.7. The fourth-order valence-corrected chi connectivity index (χ4v) is 3.55. The standard InChI is InChI=1S/C20H21ClN2O/c1-24-19-4-2-3-15(13-19)20(14-22)11-9-18(10-12-20)23-17-7-5-16(21)6-8-17/h2-8,13,18,23H,9-12H2,1H3/t18-,20-. The number of hydrogen-bond donors (Lipinski definition) is 1. The van der Waals surface area contributed by atoms with E-state index >= 15 is 0 Å². The second-order valence-electron chi connectivity index (χ2n) is 6.35. The highest BCUT2D eigenvalue weighted by atomic mass is 35.5. The summed E-state index contributed by atoms with van der Waals surface area (Å²) in [4.78, 5) is 0. The van der Waals surface area contributed by atoms with Crippen LogP contribution in [0.1, 0.15) is 31.2 Å². The molecule has 0 heterocycles. The van der Waals surface area contributed by atoms with Crippen molar-refractivity contribution in [2.24, 2.45) is 0 Å². The second-order valence-corrected chi connectivity index (χ2v) is 6.79. The highest BCUT2D eigenvalue weighted by Crippen LogP contribution is 2.40. The zero-order valence-electron chi connectivity index (χ0n) is 13.8. The fourth-order valence-electron chi connectivity index (χ4n) is 3.42. The van der Waals surface area contributed by atoms with E-state index in [1.807, 2.05) is 48.5 Å². The highest BCUT2D eigenvalue weighted by Gasteiger charge is 2.37. The Balaban J connectivity index is 1.69. The van der Waals surface area contributed by atoms with Crippen LogP contribution < -0.4 is 10.1 Å². The number of nitrogens with zero attached hydrogens (tertiary/aromatic N) is 1. The third kappa shape index (κ3) is 3.49. The van der Waals surface area contributed by atoms with Gasteiger partial charge in [-0.15, -0.1) is 0 Å². The van der Waals surface area contributed by atoms with Crippen molar-refractivity contribution < 1.29 is 4.74 Å². The van der Waals surface area contributed by atoms with Gasteiger partial charge in [-0.3, -0.25) is 0 Å². The van der Waals surface area contributed by atoms with Crippen molar-refractivity contribution >= 4 is 17.3 Å². The number of halogens is 1. The van der Waals surface area contributed by atoms with Gasteiger partial charge in [-0.2, -0.15) is 5.26 Å². The highest BCUT2D eigenvalue weighted by molar-refractivity contribution is 6.30. The van der Waals surface area contributed by atoms with Crippen LogP contribution in [-0.2, 0) is 5.41 Å². The van der Waals surface area contributed by atoms with E-state index in [-0.39, 0.29) is 0 Å². The molecule has 1 aliphatic carbocycles. The summed E-state index contributed by atoms with van der Waals surface area (Å²) >= 11 is 5.93. The lowest BCUT2D eigenvalue weighted by Crippen LogP contribution is -2.35. The van der Waals surface area contributed by atoms with Gasteiger partial charge < -0.3 is 10.1 Å². The molecule has 2 aromatic rings. The van der Waals surface area contributed by atoms with Gasteiger partial charge in [0.2, 0.25) is 0 Å². The predicted molar refractivity (Wildman–Crippen MR) is 97.6 cm³/mol. The molecule has 4 heteroatoms. The summed E-state index contributed by atoms with van der Waals surface area (Å²) in [5.41, 5.74) is 1.73. The summed E-state index contributed by atoms with van der Waals surface area (Å²) in [5, 5.41) is 14.1. The Morgan fingerprint density at radius 1 is 1.17 bits per heavy atom. The summed E-state index contributed by atoms with van der Waals surface area (Å²) in [5.74, 6) is 0.809.